The predicted octanol–water partition coefficient (Wildman–Crippen LogP) is 3.00. The number of benzene rings is 2. The van der Waals surface area contributed by atoms with Gasteiger partial charge in [0.15, 0.2) is 0 Å². The van der Waals surface area contributed by atoms with Crippen LogP contribution in [0.15, 0.2) is 48.5 Å². The molecule has 2 N–H and O–H groups in total. The molecular weight excluding hydrogens is 316 g/mol. The molecule has 25 heavy (non-hydrogen) atoms. The van der Waals surface area contributed by atoms with Gasteiger partial charge < -0.3 is 20.1 Å². The summed E-state index contributed by atoms with van der Waals surface area (Å²) < 4.78 is 5.58. The second-order valence-corrected chi connectivity index (χ2v) is 6.40. The zero-order valence-electron chi connectivity index (χ0n) is 15.2. The maximum Gasteiger partial charge on any atom is 0.251 e. The fourth-order valence-corrected chi connectivity index (χ4v) is 2.36. The fraction of sp³-hybridized carbons (Fsp3) is 0.350. The van der Waals surface area contributed by atoms with Crippen molar-refractivity contribution in [3.8, 4) is 5.75 Å². The molecule has 0 bridgehead atoms. The average Bonchev–Trinajstić information content (AvgIpc) is 2.59. The number of rotatable bonds is 7. The van der Waals surface area contributed by atoms with Crippen LogP contribution in [0.1, 0.15) is 35.9 Å². The molecule has 0 aliphatic rings. The van der Waals surface area contributed by atoms with E-state index in [0.29, 0.717) is 5.56 Å². The molecule has 0 radical (unpaired) electrons. The van der Waals surface area contributed by atoms with Crippen LogP contribution in [-0.2, 0) is 0 Å². The van der Waals surface area contributed by atoms with Crippen LogP contribution in [0.4, 0.5) is 5.69 Å². The van der Waals surface area contributed by atoms with E-state index in [9.17, 15) is 9.90 Å². The second-order valence-electron chi connectivity index (χ2n) is 6.40. The van der Waals surface area contributed by atoms with E-state index in [1.165, 1.54) is 0 Å². The molecule has 5 heteroatoms. The van der Waals surface area contributed by atoms with E-state index in [1.807, 2.05) is 57.1 Å². The number of nitrogens with zero attached hydrogens (tertiary/aromatic N) is 1. The Kier molecular flexibility index (Phi) is 6.42. The lowest BCUT2D eigenvalue weighted by molar-refractivity contribution is 0.0916. The Hall–Kier alpha value is -2.53. The minimum atomic E-state index is -0.766. The molecule has 0 aliphatic carbocycles. The highest BCUT2D eigenvalue weighted by Crippen LogP contribution is 2.18. The number of nitrogens with one attached hydrogen (secondary N) is 1. The number of aliphatic hydroxyl groups is 1. The van der Waals surface area contributed by atoms with E-state index < -0.39 is 6.10 Å². The van der Waals surface area contributed by atoms with Crippen molar-refractivity contribution in [3.63, 3.8) is 0 Å². The van der Waals surface area contributed by atoms with E-state index in [-0.39, 0.29) is 18.6 Å². The molecule has 0 saturated heterocycles. The molecule has 1 amide bonds. The van der Waals surface area contributed by atoms with Gasteiger partial charge in [0.25, 0.3) is 5.91 Å². The number of hydrogen-bond acceptors (Lipinski definition) is 4. The smallest absolute Gasteiger partial charge is 0.251 e. The lowest BCUT2D eigenvalue weighted by atomic mass is 10.1. The van der Waals surface area contributed by atoms with Gasteiger partial charge in [-0.15, -0.1) is 0 Å². The number of carbonyl (C=O) groups is 1. The number of ether oxygens (including phenoxy) is 1. The molecule has 1 unspecified atom stereocenters. The molecule has 0 aromatic heterocycles. The minimum Gasteiger partial charge on any atom is -0.491 e. The van der Waals surface area contributed by atoms with Crippen molar-refractivity contribution in [3.05, 3.63) is 59.7 Å². The van der Waals surface area contributed by atoms with Crippen molar-refractivity contribution in [1.29, 1.82) is 0 Å². The van der Waals surface area contributed by atoms with Gasteiger partial charge in [0.1, 0.15) is 5.75 Å². The predicted molar refractivity (Wildman–Crippen MR) is 100 cm³/mol. The molecular formula is C20H26N2O3. The van der Waals surface area contributed by atoms with Gasteiger partial charge >= 0.3 is 0 Å². The molecule has 0 spiro atoms. The first-order valence-corrected chi connectivity index (χ1v) is 8.37. The van der Waals surface area contributed by atoms with Crippen molar-refractivity contribution >= 4 is 11.6 Å². The van der Waals surface area contributed by atoms with Gasteiger partial charge in [0, 0.05) is 31.9 Å². The van der Waals surface area contributed by atoms with Crippen molar-refractivity contribution in [2.75, 3.05) is 25.5 Å². The number of carbonyl (C=O) groups excluding carboxylic acids is 1. The van der Waals surface area contributed by atoms with Gasteiger partial charge in [-0.2, -0.15) is 0 Å². The third-order valence-electron chi connectivity index (χ3n) is 3.74. The summed E-state index contributed by atoms with van der Waals surface area (Å²) in [7, 11) is 3.89. The average molecular weight is 342 g/mol. The summed E-state index contributed by atoms with van der Waals surface area (Å²) >= 11 is 0. The first-order chi connectivity index (χ1) is 11.9. The van der Waals surface area contributed by atoms with Crippen LogP contribution in [0.25, 0.3) is 0 Å². The zero-order chi connectivity index (χ0) is 18.4. The molecule has 0 heterocycles. The first-order valence-electron chi connectivity index (χ1n) is 8.37. The fourth-order valence-electron chi connectivity index (χ4n) is 2.36. The molecule has 0 fully saturated rings. The van der Waals surface area contributed by atoms with E-state index in [4.69, 9.17) is 4.74 Å². The number of anilines is 1. The van der Waals surface area contributed by atoms with Crippen molar-refractivity contribution in [1.82, 2.24) is 5.32 Å². The number of hydrogen-bond donors (Lipinski definition) is 2. The van der Waals surface area contributed by atoms with Crippen molar-refractivity contribution in [2.24, 2.45) is 0 Å². The van der Waals surface area contributed by atoms with Crippen molar-refractivity contribution in [2.45, 2.75) is 26.1 Å². The summed E-state index contributed by atoms with van der Waals surface area (Å²) in [5, 5.41) is 13.0. The molecule has 2 aromatic carbocycles. The Morgan fingerprint density at radius 3 is 2.20 bits per heavy atom. The van der Waals surface area contributed by atoms with Crippen LogP contribution in [0.5, 0.6) is 5.75 Å². The van der Waals surface area contributed by atoms with Gasteiger partial charge in [0.05, 0.1) is 12.2 Å². The second kappa shape index (κ2) is 8.53. The number of aliphatic hydroxyl groups excluding tert-OH is 1. The summed E-state index contributed by atoms with van der Waals surface area (Å²) in [6, 6.07) is 14.6. The van der Waals surface area contributed by atoms with Crippen LogP contribution in [0.2, 0.25) is 0 Å². The summed E-state index contributed by atoms with van der Waals surface area (Å²) in [5.74, 6) is 0.556. The Bertz CT molecular complexity index is 679. The van der Waals surface area contributed by atoms with E-state index in [1.54, 1.807) is 24.3 Å². The molecule has 1 atom stereocenters. The SMILES string of the molecule is CC(C)Oc1ccc(C(O)CNC(=O)c2ccc(N(C)C)cc2)cc1. The molecule has 0 aliphatic heterocycles. The quantitative estimate of drug-likeness (QED) is 0.812. The van der Waals surface area contributed by atoms with Gasteiger partial charge in [-0.25, -0.2) is 0 Å². The lowest BCUT2D eigenvalue weighted by Gasteiger charge is -2.15. The third kappa shape index (κ3) is 5.50. The Morgan fingerprint density at radius 2 is 1.68 bits per heavy atom. The molecule has 0 saturated carbocycles. The van der Waals surface area contributed by atoms with E-state index >= 15 is 0 Å². The molecule has 5 nitrogen and oxygen atoms in total. The zero-order valence-corrected chi connectivity index (χ0v) is 15.2. The first kappa shape index (κ1) is 18.8. The van der Waals surface area contributed by atoms with Gasteiger partial charge in [0.2, 0.25) is 0 Å². The molecule has 134 valence electrons. The largest absolute Gasteiger partial charge is 0.491 e. The maximum atomic E-state index is 12.2. The highest BCUT2D eigenvalue weighted by atomic mass is 16.5. The van der Waals surface area contributed by atoms with Crippen LogP contribution in [0, 0.1) is 0 Å². The van der Waals surface area contributed by atoms with E-state index in [2.05, 4.69) is 5.32 Å². The minimum absolute atomic E-state index is 0.106. The molecule has 2 aromatic rings. The van der Waals surface area contributed by atoms with E-state index in [0.717, 1.165) is 17.0 Å². The highest BCUT2D eigenvalue weighted by Gasteiger charge is 2.11. The van der Waals surface area contributed by atoms with Gasteiger partial charge in [-0.3, -0.25) is 4.79 Å². The Labute approximate surface area is 149 Å². The monoisotopic (exact) mass is 342 g/mol. The van der Waals surface area contributed by atoms with Crippen LogP contribution < -0.4 is 15.0 Å². The molecule has 2 rings (SSSR count). The standard InChI is InChI=1S/C20H26N2O3/c1-14(2)25-18-11-7-15(8-12-18)19(23)13-21-20(24)16-5-9-17(10-6-16)22(3)4/h5-12,14,19,23H,13H2,1-4H3,(H,21,24). The third-order valence-corrected chi connectivity index (χ3v) is 3.74. The Morgan fingerprint density at radius 1 is 1.08 bits per heavy atom. The van der Waals surface area contributed by atoms with Gasteiger partial charge in [-0.05, 0) is 55.8 Å². The number of amides is 1. The summed E-state index contributed by atoms with van der Waals surface area (Å²) in [5.41, 5.74) is 2.33. The topological polar surface area (TPSA) is 61.8 Å². The van der Waals surface area contributed by atoms with Gasteiger partial charge in [-0.1, -0.05) is 12.1 Å². The Balaban J connectivity index is 1.90. The summed E-state index contributed by atoms with van der Waals surface area (Å²) in [4.78, 5) is 14.2. The maximum absolute atomic E-state index is 12.2. The van der Waals surface area contributed by atoms with Crippen LogP contribution >= 0.6 is 0 Å². The highest BCUT2D eigenvalue weighted by molar-refractivity contribution is 5.94. The lowest BCUT2D eigenvalue weighted by Crippen LogP contribution is -2.28. The van der Waals surface area contributed by atoms with Crippen LogP contribution in [0.3, 0.4) is 0 Å². The normalized spacial score (nSPS) is 11.9. The van der Waals surface area contributed by atoms with Crippen molar-refractivity contribution < 1.29 is 14.6 Å². The summed E-state index contributed by atoms with van der Waals surface area (Å²) in [6.45, 7) is 4.07. The van der Waals surface area contributed by atoms with Crippen LogP contribution in [-0.4, -0.2) is 37.8 Å². The summed E-state index contributed by atoms with van der Waals surface area (Å²) in [6.07, 6.45) is -0.660.